The van der Waals surface area contributed by atoms with Gasteiger partial charge in [-0.2, -0.15) is 0 Å². The summed E-state index contributed by atoms with van der Waals surface area (Å²) >= 11 is 0. The van der Waals surface area contributed by atoms with Crippen molar-refractivity contribution in [3.8, 4) is 5.75 Å². The minimum atomic E-state index is -0.927. The van der Waals surface area contributed by atoms with E-state index in [1.165, 1.54) is 0 Å². The van der Waals surface area contributed by atoms with Crippen LogP contribution in [0.2, 0.25) is 0 Å². The maximum absolute atomic E-state index is 11.0. The summed E-state index contributed by atoms with van der Waals surface area (Å²) in [6.07, 6.45) is 0. The van der Waals surface area contributed by atoms with Crippen molar-refractivity contribution in [1.29, 1.82) is 0 Å². The average Bonchev–Trinajstić information content (AvgIpc) is 2.26. The second kappa shape index (κ2) is 5.72. The summed E-state index contributed by atoms with van der Waals surface area (Å²) in [7, 11) is 0. The first-order valence-electron chi connectivity index (χ1n) is 4.54. The summed E-state index contributed by atoms with van der Waals surface area (Å²) in [6, 6.07) is 5.80. The first kappa shape index (κ1) is 12.0. The fourth-order valence-corrected chi connectivity index (χ4v) is 1.09. The van der Waals surface area contributed by atoms with E-state index in [0.29, 0.717) is 11.3 Å². The second-order valence-electron chi connectivity index (χ2n) is 2.97. The first-order chi connectivity index (χ1) is 7.63. The molecule has 0 aliphatic heterocycles. The Balaban J connectivity index is 2.54. The van der Waals surface area contributed by atoms with Gasteiger partial charge in [0.1, 0.15) is 5.75 Å². The Kier molecular flexibility index (Phi) is 4.28. The zero-order chi connectivity index (χ0) is 12.0. The maximum Gasteiger partial charge on any atom is 0.318 e. The largest absolute Gasteiger partial charge is 0.483 e. The SMILES string of the molecule is NC(=O)NC(=O)COc1ccccc1CO. The molecule has 6 heteroatoms. The van der Waals surface area contributed by atoms with Crippen LogP contribution >= 0.6 is 0 Å². The quantitative estimate of drug-likeness (QED) is 0.656. The monoisotopic (exact) mass is 224 g/mol. The summed E-state index contributed by atoms with van der Waals surface area (Å²) in [4.78, 5) is 21.4. The van der Waals surface area contributed by atoms with Crippen LogP contribution in [0.4, 0.5) is 4.79 Å². The van der Waals surface area contributed by atoms with Crippen LogP contribution in [-0.4, -0.2) is 23.7 Å². The Bertz CT molecular complexity index is 392. The molecule has 16 heavy (non-hydrogen) atoms. The van der Waals surface area contributed by atoms with E-state index >= 15 is 0 Å². The molecule has 0 unspecified atom stereocenters. The van der Waals surface area contributed by atoms with Crippen LogP contribution in [0.25, 0.3) is 0 Å². The van der Waals surface area contributed by atoms with Crippen molar-refractivity contribution in [2.75, 3.05) is 6.61 Å². The Morgan fingerprint density at radius 1 is 1.38 bits per heavy atom. The number of benzene rings is 1. The molecule has 1 aromatic carbocycles. The molecule has 0 saturated carbocycles. The molecule has 0 bridgehead atoms. The lowest BCUT2D eigenvalue weighted by Crippen LogP contribution is -2.38. The number of aliphatic hydroxyl groups excluding tert-OH is 1. The standard InChI is InChI=1S/C10H12N2O4/c11-10(15)12-9(14)6-16-8-4-2-1-3-7(8)5-13/h1-4,13H,5-6H2,(H3,11,12,14,15). The maximum atomic E-state index is 11.0. The highest BCUT2D eigenvalue weighted by molar-refractivity contribution is 5.94. The van der Waals surface area contributed by atoms with E-state index in [1.807, 2.05) is 5.32 Å². The fourth-order valence-electron chi connectivity index (χ4n) is 1.09. The minimum absolute atomic E-state index is 0.187. The number of nitrogens with two attached hydrogens (primary N) is 1. The lowest BCUT2D eigenvalue weighted by Gasteiger charge is -2.08. The Hall–Kier alpha value is -2.08. The molecule has 0 aliphatic carbocycles. The van der Waals surface area contributed by atoms with Gasteiger partial charge in [-0.1, -0.05) is 18.2 Å². The van der Waals surface area contributed by atoms with Gasteiger partial charge in [0.05, 0.1) is 6.61 Å². The topological polar surface area (TPSA) is 102 Å². The van der Waals surface area contributed by atoms with Crippen LogP contribution in [-0.2, 0) is 11.4 Å². The van der Waals surface area contributed by atoms with Gasteiger partial charge in [0.15, 0.2) is 6.61 Å². The molecular weight excluding hydrogens is 212 g/mol. The number of para-hydroxylation sites is 1. The normalized spacial score (nSPS) is 9.56. The first-order valence-corrected chi connectivity index (χ1v) is 4.54. The van der Waals surface area contributed by atoms with Gasteiger partial charge in [0, 0.05) is 5.56 Å². The average molecular weight is 224 g/mol. The van der Waals surface area contributed by atoms with Gasteiger partial charge in [0.25, 0.3) is 5.91 Å². The van der Waals surface area contributed by atoms with Crippen molar-refractivity contribution in [2.24, 2.45) is 5.73 Å². The van der Waals surface area contributed by atoms with Crippen LogP contribution in [0.5, 0.6) is 5.75 Å². The number of hydrogen-bond acceptors (Lipinski definition) is 4. The van der Waals surface area contributed by atoms with E-state index in [9.17, 15) is 9.59 Å². The fraction of sp³-hybridized carbons (Fsp3) is 0.200. The molecule has 0 atom stereocenters. The highest BCUT2D eigenvalue weighted by Gasteiger charge is 2.07. The van der Waals surface area contributed by atoms with E-state index < -0.39 is 11.9 Å². The molecule has 0 saturated heterocycles. The Morgan fingerprint density at radius 2 is 2.06 bits per heavy atom. The van der Waals surface area contributed by atoms with Gasteiger partial charge >= 0.3 is 6.03 Å². The molecule has 6 nitrogen and oxygen atoms in total. The van der Waals surface area contributed by atoms with Crippen LogP contribution in [0, 0.1) is 0 Å². The van der Waals surface area contributed by atoms with Crippen molar-refractivity contribution in [3.63, 3.8) is 0 Å². The van der Waals surface area contributed by atoms with Crippen molar-refractivity contribution < 1.29 is 19.4 Å². The van der Waals surface area contributed by atoms with Crippen LogP contribution in [0.15, 0.2) is 24.3 Å². The summed E-state index contributed by atoms with van der Waals surface area (Å²) in [5.74, 6) is -0.245. The van der Waals surface area contributed by atoms with Crippen molar-refractivity contribution in [3.05, 3.63) is 29.8 Å². The van der Waals surface area contributed by atoms with Crippen molar-refractivity contribution >= 4 is 11.9 Å². The van der Waals surface area contributed by atoms with Gasteiger partial charge in [-0.3, -0.25) is 10.1 Å². The number of ether oxygens (including phenoxy) is 1. The number of primary amides is 1. The molecule has 0 heterocycles. The van der Waals surface area contributed by atoms with Gasteiger partial charge in [-0.15, -0.1) is 0 Å². The summed E-state index contributed by atoms with van der Waals surface area (Å²) in [6.45, 7) is -0.520. The number of imide groups is 1. The van der Waals surface area contributed by atoms with Crippen molar-refractivity contribution in [1.82, 2.24) is 5.32 Å². The van der Waals surface area contributed by atoms with E-state index in [-0.39, 0.29) is 13.2 Å². The molecule has 3 amide bonds. The number of rotatable bonds is 4. The summed E-state index contributed by atoms with van der Waals surface area (Å²) in [5.41, 5.74) is 5.32. The third-order valence-corrected chi connectivity index (χ3v) is 1.76. The zero-order valence-corrected chi connectivity index (χ0v) is 8.47. The predicted molar refractivity (Wildman–Crippen MR) is 55.6 cm³/mol. The number of amides is 3. The predicted octanol–water partition coefficient (Wildman–Crippen LogP) is -0.247. The summed E-state index contributed by atoms with van der Waals surface area (Å²) in [5, 5.41) is 10.8. The van der Waals surface area contributed by atoms with Gasteiger partial charge in [-0.05, 0) is 6.07 Å². The number of nitrogens with one attached hydrogen (secondary N) is 1. The number of hydrogen-bond donors (Lipinski definition) is 3. The molecule has 0 spiro atoms. The minimum Gasteiger partial charge on any atom is -0.483 e. The third-order valence-electron chi connectivity index (χ3n) is 1.76. The highest BCUT2D eigenvalue weighted by Crippen LogP contribution is 2.17. The molecule has 0 radical (unpaired) electrons. The molecule has 0 fully saturated rings. The van der Waals surface area contributed by atoms with E-state index in [0.717, 1.165) is 0 Å². The van der Waals surface area contributed by atoms with Crippen LogP contribution < -0.4 is 15.8 Å². The van der Waals surface area contributed by atoms with E-state index in [4.69, 9.17) is 15.6 Å². The number of urea groups is 1. The summed E-state index contributed by atoms with van der Waals surface area (Å²) < 4.78 is 5.11. The molecular formula is C10H12N2O4. The highest BCUT2D eigenvalue weighted by atomic mass is 16.5. The number of aliphatic hydroxyl groups is 1. The second-order valence-corrected chi connectivity index (χ2v) is 2.97. The van der Waals surface area contributed by atoms with Crippen LogP contribution in [0.3, 0.4) is 0 Å². The smallest absolute Gasteiger partial charge is 0.318 e. The number of carbonyl (C=O) groups excluding carboxylic acids is 2. The molecule has 86 valence electrons. The van der Waals surface area contributed by atoms with E-state index in [1.54, 1.807) is 24.3 Å². The van der Waals surface area contributed by atoms with Crippen molar-refractivity contribution in [2.45, 2.75) is 6.61 Å². The van der Waals surface area contributed by atoms with Gasteiger partial charge in [0.2, 0.25) is 0 Å². The van der Waals surface area contributed by atoms with E-state index in [2.05, 4.69) is 0 Å². The third kappa shape index (κ3) is 3.58. The molecule has 0 aliphatic rings. The molecule has 1 aromatic rings. The molecule has 0 aromatic heterocycles. The Morgan fingerprint density at radius 3 is 2.69 bits per heavy atom. The lowest BCUT2D eigenvalue weighted by molar-refractivity contribution is -0.121. The van der Waals surface area contributed by atoms with Crippen LogP contribution in [0.1, 0.15) is 5.56 Å². The molecule has 4 N–H and O–H groups in total. The van der Waals surface area contributed by atoms with Gasteiger partial charge < -0.3 is 15.6 Å². The molecule has 1 rings (SSSR count). The number of carbonyl (C=O) groups is 2. The Labute approximate surface area is 92.0 Å². The lowest BCUT2D eigenvalue weighted by atomic mass is 10.2. The van der Waals surface area contributed by atoms with Gasteiger partial charge in [-0.25, -0.2) is 4.79 Å². The zero-order valence-electron chi connectivity index (χ0n) is 8.47.